The van der Waals surface area contributed by atoms with Gasteiger partial charge in [0.05, 0.1) is 17.3 Å². The normalized spacial score (nSPS) is 28.0. The lowest BCUT2D eigenvalue weighted by Gasteiger charge is -2.32. The molecular formula is C16H23BO3. The van der Waals surface area contributed by atoms with Crippen LogP contribution in [0.5, 0.6) is 0 Å². The molecule has 2 heterocycles. The lowest BCUT2D eigenvalue weighted by Crippen LogP contribution is -2.41. The molecule has 2 fully saturated rings. The van der Waals surface area contributed by atoms with Gasteiger partial charge in [0, 0.05) is 6.61 Å². The van der Waals surface area contributed by atoms with Gasteiger partial charge >= 0.3 is 7.12 Å². The Bertz CT molecular complexity index is 459. The van der Waals surface area contributed by atoms with Gasteiger partial charge in [-0.05, 0) is 51.6 Å². The van der Waals surface area contributed by atoms with Gasteiger partial charge in [0.25, 0.3) is 0 Å². The predicted molar refractivity (Wildman–Crippen MR) is 80.1 cm³/mol. The van der Waals surface area contributed by atoms with Gasteiger partial charge in [-0.25, -0.2) is 0 Å². The van der Waals surface area contributed by atoms with Crippen molar-refractivity contribution in [2.24, 2.45) is 0 Å². The second-order valence-corrected chi connectivity index (χ2v) is 6.76. The Morgan fingerprint density at radius 2 is 1.60 bits per heavy atom. The van der Waals surface area contributed by atoms with Crippen LogP contribution in [0.15, 0.2) is 24.3 Å². The quantitative estimate of drug-likeness (QED) is 0.776. The van der Waals surface area contributed by atoms with Crippen molar-refractivity contribution < 1.29 is 14.0 Å². The van der Waals surface area contributed by atoms with Gasteiger partial charge in [-0.15, -0.1) is 0 Å². The summed E-state index contributed by atoms with van der Waals surface area (Å²) in [6.07, 6.45) is 2.54. The molecule has 2 aliphatic rings. The van der Waals surface area contributed by atoms with Crippen molar-refractivity contribution in [3.05, 3.63) is 29.8 Å². The Morgan fingerprint density at radius 1 is 1.00 bits per heavy atom. The number of hydrogen-bond donors (Lipinski definition) is 0. The number of ether oxygens (including phenoxy) is 1. The van der Waals surface area contributed by atoms with Crippen LogP contribution < -0.4 is 5.46 Å². The van der Waals surface area contributed by atoms with Gasteiger partial charge in [-0.1, -0.05) is 24.3 Å². The average molecular weight is 274 g/mol. The van der Waals surface area contributed by atoms with E-state index in [1.54, 1.807) is 0 Å². The molecule has 1 atom stereocenters. The molecule has 3 nitrogen and oxygen atoms in total. The van der Waals surface area contributed by atoms with Gasteiger partial charge in [-0.2, -0.15) is 0 Å². The Hall–Kier alpha value is -0.835. The molecule has 0 saturated carbocycles. The van der Waals surface area contributed by atoms with Crippen LogP contribution >= 0.6 is 0 Å². The maximum Gasteiger partial charge on any atom is 0.494 e. The van der Waals surface area contributed by atoms with Crippen molar-refractivity contribution in [2.45, 2.75) is 57.8 Å². The molecule has 0 bridgehead atoms. The van der Waals surface area contributed by atoms with Gasteiger partial charge in [0.2, 0.25) is 0 Å². The first-order valence-corrected chi connectivity index (χ1v) is 7.46. The van der Waals surface area contributed by atoms with Crippen LogP contribution in [0.25, 0.3) is 0 Å². The molecule has 0 unspecified atom stereocenters. The van der Waals surface area contributed by atoms with Gasteiger partial charge < -0.3 is 14.0 Å². The molecule has 1 aromatic rings. The fourth-order valence-electron chi connectivity index (χ4n) is 2.69. The zero-order valence-corrected chi connectivity index (χ0v) is 12.8. The highest BCUT2D eigenvalue weighted by Gasteiger charge is 2.51. The molecular weight excluding hydrogens is 251 g/mol. The van der Waals surface area contributed by atoms with E-state index >= 15 is 0 Å². The molecule has 1 aromatic carbocycles. The highest BCUT2D eigenvalue weighted by atomic mass is 16.7. The first-order chi connectivity index (χ1) is 9.39. The smallest absolute Gasteiger partial charge is 0.399 e. The van der Waals surface area contributed by atoms with Crippen molar-refractivity contribution >= 4 is 12.6 Å². The minimum absolute atomic E-state index is 0.266. The van der Waals surface area contributed by atoms with Crippen molar-refractivity contribution in [3.63, 3.8) is 0 Å². The van der Waals surface area contributed by atoms with Crippen LogP contribution in [0.1, 0.15) is 52.2 Å². The molecule has 20 heavy (non-hydrogen) atoms. The van der Waals surface area contributed by atoms with E-state index in [4.69, 9.17) is 14.0 Å². The fraction of sp³-hybridized carbons (Fsp3) is 0.625. The van der Waals surface area contributed by atoms with E-state index in [-0.39, 0.29) is 24.4 Å². The molecule has 0 aliphatic carbocycles. The third-order valence-corrected chi connectivity index (χ3v) is 4.76. The van der Waals surface area contributed by atoms with Crippen LogP contribution in [-0.4, -0.2) is 24.9 Å². The molecule has 4 heteroatoms. The second kappa shape index (κ2) is 4.87. The summed E-state index contributed by atoms with van der Waals surface area (Å²) in [4.78, 5) is 0. The summed E-state index contributed by atoms with van der Waals surface area (Å²) in [6.45, 7) is 9.19. The Labute approximate surface area is 121 Å². The minimum Gasteiger partial charge on any atom is -0.399 e. The molecule has 0 N–H and O–H groups in total. The standard InChI is InChI=1S/C16H23BO3/c1-15(2)16(3,4)20-17(19-15)13-9-7-12(8-10-13)14-6-5-11-18-14/h7-10,14H,5-6,11H2,1-4H3/t14-/m1/s1. The first-order valence-electron chi connectivity index (χ1n) is 7.46. The topological polar surface area (TPSA) is 27.7 Å². The number of hydrogen-bond acceptors (Lipinski definition) is 3. The van der Waals surface area contributed by atoms with Crippen molar-refractivity contribution in [1.29, 1.82) is 0 Å². The second-order valence-electron chi connectivity index (χ2n) is 6.76. The van der Waals surface area contributed by atoms with Crippen molar-refractivity contribution in [1.82, 2.24) is 0 Å². The lowest BCUT2D eigenvalue weighted by atomic mass is 9.78. The molecule has 0 aromatic heterocycles. The average Bonchev–Trinajstić information content (AvgIpc) is 2.97. The minimum atomic E-state index is -0.287. The van der Waals surface area contributed by atoms with Gasteiger partial charge in [-0.3, -0.25) is 0 Å². The van der Waals surface area contributed by atoms with Gasteiger partial charge in [0.15, 0.2) is 0 Å². The Kier molecular flexibility index (Phi) is 3.43. The molecule has 2 saturated heterocycles. The SMILES string of the molecule is CC1(C)OB(c2ccc([C@H]3CCCO3)cc2)OC1(C)C. The summed E-state index contributed by atoms with van der Waals surface area (Å²) in [7, 11) is -0.279. The highest BCUT2D eigenvalue weighted by Crippen LogP contribution is 2.36. The summed E-state index contributed by atoms with van der Waals surface area (Å²) in [5, 5.41) is 0. The van der Waals surface area contributed by atoms with Crippen LogP contribution in [0.3, 0.4) is 0 Å². The number of rotatable bonds is 2. The van der Waals surface area contributed by atoms with Crippen LogP contribution in [0.4, 0.5) is 0 Å². The monoisotopic (exact) mass is 274 g/mol. The zero-order valence-electron chi connectivity index (χ0n) is 12.8. The maximum absolute atomic E-state index is 6.06. The summed E-state index contributed by atoms with van der Waals surface area (Å²) < 4.78 is 17.8. The van der Waals surface area contributed by atoms with E-state index in [9.17, 15) is 0 Å². The van der Waals surface area contributed by atoms with E-state index in [0.717, 1.165) is 24.9 Å². The van der Waals surface area contributed by atoms with Crippen LogP contribution in [0, 0.1) is 0 Å². The predicted octanol–water partition coefficient (Wildman–Crippen LogP) is 2.84. The van der Waals surface area contributed by atoms with E-state index in [0.29, 0.717) is 0 Å². The molecule has 108 valence electrons. The molecule has 0 amide bonds. The summed E-state index contributed by atoms with van der Waals surface area (Å²) >= 11 is 0. The highest BCUT2D eigenvalue weighted by molar-refractivity contribution is 6.62. The third kappa shape index (κ3) is 2.41. The zero-order chi connectivity index (χ0) is 14.4. The molecule has 3 rings (SSSR count). The first kappa shape index (κ1) is 14.1. The van der Waals surface area contributed by atoms with E-state index in [1.807, 2.05) is 0 Å². The molecule has 2 aliphatic heterocycles. The Balaban J connectivity index is 1.75. The summed E-state index contributed by atoms with van der Waals surface area (Å²) in [5.41, 5.74) is 1.75. The lowest BCUT2D eigenvalue weighted by molar-refractivity contribution is 0.00578. The van der Waals surface area contributed by atoms with Crippen LogP contribution in [-0.2, 0) is 14.0 Å². The van der Waals surface area contributed by atoms with E-state index in [1.165, 1.54) is 5.56 Å². The molecule has 0 radical (unpaired) electrons. The number of benzene rings is 1. The fourth-order valence-corrected chi connectivity index (χ4v) is 2.69. The Morgan fingerprint density at radius 3 is 2.10 bits per heavy atom. The summed E-state index contributed by atoms with van der Waals surface area (Å²) in [5.74, 6) is 0. The van der Waals surface area contributed by atoms with Gasteiger partial charge in [0.1, 0.15) is 0 Å². The molecule has 0 spiro atoms. The largest absolute Gasteiger partial charge is 0.494 e. The van der Waals surface area contributed by atoms with Crippen molar-refractivity contribution in [3.8, 4) is 0 Å². The van der Waals surface area contributed by atoms with Crippen LogP contribution in [0.2, 0.25) is 0 Å². The maximum atomic E-state index is 6.06. The van der Waals surface area contributed by atoms with Crippen molar-refractivity contribution in [2.75, 3.05) is 6.61 Å². The third-order valence-electron chi connectivity index (χ3n) is 4.76. The van der Waals surface area contributed by atoms with E-state index in [2.05, 4.69) is 52.0 Å². The summed E-state index contributed by atoms with van der Waals surface area (Å²) in [6, 6.07) is 8.46. The van der Waals surface area contributed by atoms with E-state index < -0.39 is 0 Å².